The topological polar surface area (TPSA) is 65.2 Å². The number of rotatable bonds is 4. The van der Waals surface area contributed by atoms with Crippen LogP contribution in [0.3, 0.4) is 0 Å². The molecule has 0 aliphatic rings. The Kier molecular flexibility index (Phi) is 4.13. The average molecular weight is 256 g/mol. The first-order valence-corrected chi connectivity index (χ1v) is 6.18. The summed E-state index contributed by atoms with van der Waals surface area (Å²) in [4.78, 5) is 15.3. The molecule has 1 aromatic carbocycles. The van der Waals surface area contributed by atoms with Crippen molar-refractivity contribution in [2.45, 2.75) is 19.8 Å². The fourth-order valence-electron chi connectivity index (χ4n) is 1.71. The van der Waals surface area contributed by atoms with Crippen LogP contribution in [0, 0.1) is 0 Å². The van der Waals surface area contributed by atoms with Crippen LogP contribution in [0.4, 0.5) is 5.69 Å². The number of nitrogens with zero attached hydrogens (tertiary/aromatic N) is 1. The monoisotopic (exact) mass is 256 g/mol. The Labute approximate surface area is 112 Å². The minimum Gasteiger partial charge on any atom is -0.405 e. The number of pyridine rings is 1. The zero-order valence-electron chi connectivity index (χ0n) is 10.8. The fourth-order valence-corrected chi connectivity index (χ4v) is 1.71. The molecule has 0 saturated carbocycles. The predicted octanol–water partition coefficient (Wildman–Crippen LogP) is 2.57. The quantitative estimate of drug-likeness (QED) is 0.854. The lowest BCUT2D eigenvalue weighted by atomic mass is 10.1. The molecule has 2 aromatic rings. The molecule has 4 nitrogen and oxygen atoms in total. The molecule has 4 heteroatoms. The van der Waals surface area contributed by atoms with Gasteiger partial charge in [-0.3, -0.25) is 4.79 Å². The zero-order chi connectivity index (χ0) is 13.7. The van der Waals surface area contributed by atoms with Crippen LogP contribution in [0.15, 0.2) is 42.6 Å². The first-order valence-electron chi connectivity index (χ1n) is 6.18. The van der Waals surface area contributed by atoms with E-state index in [-0.39, 0.29) is 11.8 Å². The van der Waals surface area contributed by atoms with Crippen molar-refractivity contribution in [2.24, 2.45) is 0 Å². The van der Waals surface area contributed by atoms with Crippen molar-refractivity contribution in [3.05, 3.63) is 53.7 Å². The van der Waals surface area contributed by atoms with Crippen molar-refractivity contribution in [1.82, 2.24) is 4.98 Å². The summed E-state index contributed by atoms with van der Waals surface area (Å²) in [6.07, 6.45) is 2.73. The lowest BCUT2D eigenvalue weighted by Crippen LogP contribution is -2.09. The van der Waals surface area contributed by atoms with Crippen molar-refractivity contribution in [3.8, 4) is 5.88 Å². The maximum Gasteiger partial charge on any atom is 0.312 e. The van der Waals surface area contributed by atoms with E-state index in [0.717, 1.165) is 12.0 Å². The highest BCUT2D eigenvalue weighted by Crippen LogP contribution is 2.21. The standard InChI is InChI=1S/C15H16N2O2/c1-2-14(18)19-15-13(16)9-12(10-17-15)8-11-6-4-3-5-7-11/h3-7,9-10H,2,8,16H2,1H3. The number of esters is 1. The minimum atomic E-state index is -0.338. The van der Waals surface area contributed by atoms with E-state index in [0.29, 0.717) is 12.1 Å². The van der Waals surface area contributed by atoms with Gasteiger partial charge in [-0.2, -0.15) is 0 Å². The number of carbonyl (C=O) groups excluding carboxylic acids is 1. The number of anilines is 1. The molecular weight excluding hydrogens is 240 g/mol. The highest BCUT2D eigenvalue weighted by Gasteiger charge is 2.08. The lowest BCUT2D eigenvalue weighted by molar-refractivity contribution is -0.134. The van der Waals surface area contributed by atoms with Crippen molar-refractivity contribution < 1.29 is 9.53 Å². The summed E-state index contributed by atoms with van der Waals surface area (Å²) in [7, 11) is 0. The van der Waals surface area contributed by atoms with Crippen LogP contribution < -0.4 is 10.5 Å². The van der Waals surface area contributed by atoms with Crippen LogP contribution in [0.25, 0.3) is 0 Å². The van der Waals surface area contributed by atoms with Gasteiger partial charge in [-0.25, -0.2) is 4.98 Å². The molecular formula is C15H16N2O2. The van der Waals surface area contributed by atoms with Crippen LogP contribution in [0.1, 0.15) is 24.5 Å². The highest BCUT2D eigenvalue weighted by atomic mass is 16.5. The first-order chi connectivity index (χ1) is 9.19. The van der Waals surface area contributed by atoms with Gasteiger partial charge in [0, 0.05) is 12.6 Å². The maximum atomic E-state index is 11.2. The molecule has 0 aliphatic carbocycles. The molecule has 0 fully saturated rings. The molecule has 0 aliphatic heterocycles. The van der Waals surface area contributed by atoms with Crippen LogP contribution in [0.5, 0.6) is 5.88 Å². The van der Waals surface area contributed by atoms with Crippen LogP contribution >= 0.6 is 0 Å². The molecule has 0 unspecified atom stereocenters. The molecule has 2 rings (SSSR count). The van der Waals surface area contributed by atoms with Gasteiger partial charge in [-0.05, 0) is 23.6 Å². The van der Waals surface area contributed by atoms with Gasteiger partial charge in [-0.15, -0.1) is 0 Å². The summed E-state index contributed by atoms with van der Waals surface area (Å²) in [6, 6.07) is 11.8. The molecule has 0 spiro atoms. The Bertz CT molecular complexity index is 568. The number of ether oxygens (including phenoxy) is 1. The molecule has 0 radical (unpaired) electrons. The Hall–Kier alpha value is -2.36. The molecule has 98 valence electrons. The Morgan fingerprint density at radius 2 is 2.00 bits per heavy atom. The molecule has 2 N–H and O–H groups in total. The number of hydrogen-bond donors (Lipinski definition) is 1. The van der Waals surface area contributed by atoms with E-state index in [1.807, 2.05) is 30.3 Å². The van der Waals surface area contributed by atoms with E-state index in [4.69, 9.17) is 10.5 Å². The maximum absolute atomic E-state index is 11.2. The molecule has 0 amide bonds. The van der Waals surface area contributed by atoms with E-state index in [1.165, 1.54) is 5.56 Å². The van der Waals surface area contributed by atoms with Crippen LogP contribution in [-0.4, -0.2) is 11.0 Å². The van der Waals surface area contributed by atoms with Crippen molar-refractivity contribution in [2.75, 3.05) is 5.73 Å². The summed E-state index contributed by atoms with van der Waals surface area (Å²) in [6.45, 7) is 1.72. The minimum absolute atomic E-state index is 0.184. The Balaban J connectivity index is 2.13. The number of aromatic nitrogens is 1. The molecule has 1 heterocycles. The normalized spacial score (nSPS) is 10.2. The van der Waals surface area contributed by atoms with Crippen molar-refractivity contribution in [3.63, 3.8) is 0 Å². The predicted molar refractivity (Wildman–Crippen MR) is 73.8 cm³/mol. The molecule has 0 atom stereocenters. The lowest BCUT2D eigenvalue weighted by Gasteiger charge is -2.07. The second-order valence-electron chi connectivity index (χ2n) is 4.23. The first kappa shape index (κ1) is 13.1. The van der Waals surface area contributed by atoms with Gasteiger partial charge in [0.1, 0.15) is 0 Å². The van der Waals surface area contributed by atoms with Gasteiger partial charge >= 0.3 is 5.97 Å². The van der Waals surface area contributed by atoms with E-state index < -0.39 is 0 Å². The number of benzene rings is 1. The largest absolute Gasteiger partial charge is 0.405 e. The number of nitrogens with two attached hydrogens (primary N) is 1. The van der Waals surface area contributed by atoms with Gasteiger partial charge in [-0.1, -0.05) is 37.3 Å². The molecule has 0 bridgehead atoms. The third-order valence-corrected chi connectivity index (χ3v) is 2.69. The van der Waals surface area contributed by atoms with Crippen molar-refractivity contribution in [1.29, 1.82) is 0 Å². The van der Waals surface area contributed by atoms with Gasteiger partial charge < -0.3 is 10.5 Å². The molecule has 19 heavy (non-hydrogen) atoms. The van der Waals surface area contributed by atoms with Gasteiger partial charge in [0.05, 0.1) is 5.69 Å². The highest BCUT2D eigenvalue weighted by molar-refractivity contribution is 5.73. The molecule has 0 saturated heterocycles. The summed E-state index contributed by atoms with van der Waals surface area (Å²) in [5.41, 5.74) is 8.39. The third-order valence-electron chi connectivity index (χ3n) is 2.69. The smallest absolute Gasteiger partial charge is 0.312 e. The van der Waals surface area contributed by atoms with E-state index in [1.54, 1.807) is 19.2 Å². The number of carbonyl (C=O) groups is 1. The van der Waals surface area contributed by atoms with E-state index >= 15 is 0 Å². The SMILES string of the molecule is CCC(=O)Oc1ncc(Cc2ccccc2)cc1N. The number of nitrogen functional groups attached to an aromatic ring is 1. The summed E-state index contributed by atoms with van der Waals surface area (Å²) >= 11 is 0. The van der Waals surface area contributed by atoms with Crippen LogP contribution in [0.2, 0.25) is 0 Å². The second-order valence-corrected chi connectivity index (χ2v) is 4.23. The molecule has 1 aromatic heterocycles. The van der Waals surface area contributed by atoms with Gasteiger partial charge in [0.25, 0.3) is 0 Å². The van der Waals surface area contributed by atoms with E-state index in [2.05, 4.69) is 4.98 Å². The van der Waals surface area contributed by atoms with Crippen LogP contribution in [-0.2, 0) is 11.2 Å². The summed E-state index contributed by atoms with van der Waals surface area (Å²) in [5.74, 6) is -0.154. The van der Waals surface area contributed by atoms with Gasteiger partial charge in [0.2, 0.25) is 5.88 Å². The Morgan fingerprint density at radius 1 is 1.26 bits per heavy atom. The Morgan fingerprint density at radius 3 is 2.63 bits per heavy atom. The fraction of sp³-hybridized carbons (Fsp3) is 0.200. The zero-order valence-corrected chi connectivity index (χ0v) is 10.8. The van der Waals surface area contributed by atoms with Gasteiger partial charge in [0.15, 0.2) is 0 Å². The van der Waals surface area contributed by atoms with Crippen molar-refractivity contribution >= 4 is 11.7 Å². The number of hydrogen-bond acceptors (Lipinski definition) is 4. The van der Waals surface area contributed by atoms with E-state index in [9.17, 15) is 4.79 Å². The summed E-state index contributed by atoms with van der Waals surface area (Å²) < 4.78 is 5.02. The second kappa shape index (κ2) is 6.00. The average Bonchev–Trinajstić information content (AvgIpc) is 2.43. The third kappa shape index (κ3) is 3.55. The summed E-state index contributed by atoms with van der Waals surface area (Å²) in [5, 5.41) is 0.